The Labute approximate surface area is 307 Å². The summed E-state index contributed by atoms with van der Waals surface area (Å²) in [6.45, 7) is -0.698. The van der Waals surface area contributed by atoms with E-state index in [2.05, 4.69) is 20.8 Å². The highest BCUT2D eigenvalue weighted by atomic mass is 32.2. The molecule has 1 saturated heterocycles. The van der Waals surface area contributed by atoms with Gasteiger partial charge in [0.15, 0.2) is 6.17 Å². The Morgan fingerprint density at radius 1 is 0.755 bits per heavy atom. The maximum atomic E-state index is 13.9. The summed E-state index contributed by atoms with van der Waals surface area (Å²) < 4.78 is 23.0. The Morgan fingerprint density at radius 2 is 1.26 bits per heavy atom. The van der Waals surface area contributed by atoms with Crippen molar-refractivity contribution in [2.75, 3.05) is 77.3 Å². The van der Waals surface area contributed by atoms with E-state index in [9.17, 15) is 52.8 Å². The molecule has 0 radical (unpaired) electrons. The van der Waals surface area contributed by atoms with Crippen LogP contribution in [0, 0.1) is 0 Å². The largest absolute Gasteiger partial charge is 0.480 e. The van der Waals surface area contributed by atoms with E-state index < -0.39 is 69.4 Å². The number of fused-ring (bicyclic) bond motifs is 1. The summed E-state index contributed by atoms with van der Waals surface area (Å²) in [5.41, 5.74) is 0.683. The van der Waals surface area contributed by atoms with Gasteiger partial charge in [0.1, 0.15) is 0 Å². The first-order chi connectivity index (χ1) is 25.1. The predicted octanol–water partition coefficient (Wildman–Crippen LogP) is -1.64. The van der Waals surface area contributed by atoms with Crippen LogP contribution >= 0.6 is 11.3 Å². The number of benzene rings is 2. The van der Waals surface area contributed by atoms with Crippen LogP contribution in [-0.4, -0.2) is 173 Å². The summed E-state index contributed by atoms with van der Waals surface area (Å²) in [4.78, 5) is 68.0. The highest BCUT2D eigenvalue weighted by molar-refractivity contribution is 7.91. The van der Waals surface area contributed by atoms with Crippen molar-refractivity contribution in [1.29, 1.82) is 0 Å². The number of aliphatic carboxylic acids is 4. The molecule has 2 aromatic carbocycles. The van der Waals surface area contributed by atoms with E-state index in [-0.39, 0.29) is 70.5 Å². The summed E-state index contributed by atoms with van der Waals surface area (Å²) in [6.07, 6.45) is -1.61. The van der Waals surface area contributed by atoms with Crippen LogP contribution in [0.1, 0.15) is 5.56 Å². The molecule has 1 aromatic heterocycles. The molecule has 0 aliphatic carbocycles. The summed E-state index contributed by atoms with van der Waals surface area (Å²) >= 11 is 0.509. The Hall–Kier alpha value is -4.68. The topological polar surface area (TPSA) is 289 Å². The van der Waals surface area contributed by atoms with Crippen molar-refractivity contribution >= 4 is 67.0 Å². The fraction of sp³-hybridized carbons (Fsp3) is 0.452. The van der Waals surface area contributed by atoms with Crippen LogP contribution in [-0.2, 0) is 40.4 Å². The van der Waals surface area contributed by atoms with Gasteiger partial charge >= 0.3 is 23.9 Å². The van der Waals surface area contributed by atoms with Gasteiger partial charge in [-0.15, -0.1) is 10.2 Å². The number of anilines is 1. The number of nitrogens with two attached hydrogens (primary N) is 1. The van der Waals surface area contributed by atoms with Crippen LogP contribution in [0.4, 0.5) is 5.13 Å². The first-order valence-corrected chi connectivity index (χ1v) is 18.6. The fourth-order valence-electron chi connectivity index (χ4n) is 5.87. The third kappa shape index (κ3) is 12.7. The minimum absolute atomic E-state index is 0.0267. The lowest BCUT2D eigenvalue weighted by Gasteiger charge is -2.36. The number of nitrogens with one attached hydrogen (secondary N) is 2. The number of primary sulfonamides is 1. The molecule has 1 unspecified atom stereocenters. The molecule has 20 nitrogen and oxygen atoms in total. The molecule has 2 atom stereocenters. The van der Waals surface area contributed by atoms with E-state index in [4.69, 9.17) is 5.14 Å². The number of aromatic nitrogens is 2. The summed E-state index contributed by atoms with van der Waals surface area (Å²) in [6, 6.07) is 11.5. The summed E-state index contributed by atoms with van der Waals surface area (Å²) in [5.74, 6) is -5.56. The number of carboxylic acids is 4. The van der Waals surface area contributed by atoms with E-state index in [1.165, 1.54) is 4.90 Å². The first kappa shape index (κ1) is 41.1. The fourth-order valence-corrected chi connectivity index (χ4v) is 7.20. The van der Waals surface area contributed by atoms with Crippen molar-refractivity contribution in [2.24, 2.45) is 5.14 Å². The van der Waals surface area contributed by atoms with Crippen molar-refractivity contribution < 1.29 is 52.8 Å². The number of nitrogens with zero attached hydrogens (tertiary/aromatic N) is 6. The second-order valence-corrected chi connectivity index (χ2v) is 15.0. The maximum absolute atomic E-state index is 13.9. The van der Waals surface area contributed by atoms with Gasteiger partial charge in [-0.25, -0.2) is 18.4 Å². The van der Waals surface area contributed by atoms with Gasteiger partial charge in [0.25, 0.3) is 10.0 Å². The van der Waals surface area contributed by atoms with Crippen LogP contribution in [0.15, 0.2) is 46.8 Å². The minimum atomic E-state index is -4.22. The number of amides is 1. The van der Waals surface area contributed by atoms with E-state index in [0.29, 0.717) is 16.9 Å². The van der Waals surface area contributed by atoms with Gasteiger partial charge < -0.3 is 20.4 Å². The molecule has 8 N–H and O–H groups in total. The molecule has 2 heterocycles. The van der Waals surface area contributed by atoms with Gasteiger partial charge in [-0.2, -0.15) is 0 Å². The zero-order valence-electron chi connectivity index (χ0n) is 28.4. The molecule has 0 bridgehead atoms. The minimum Gasteiger partial charge on any atom is -0.480 e. The molecule has 0 spiro atoms. The molecule has 288 valence electrons. The lowest BCUT2D eigenvalue weighted by Crippen LogP contribution is -2.60. The van der Waals surface area contributed by atoms with Gasteiger partial charge in [-0.3, -0.25) is 49.4 Å². The number of carbonyl (C=O) groups is 5. The van der Waals surface area contributed by atoms with Gasteiger partial charge in [0.2, 0.25) is 15.4 Å². The quantitative estimate of drug-likeness (QED) is 0.0852. The Kier molecular flexibility index (Phi) is 14.6. The Bertz CT molecular complexity index is 1860. The highest BCUT2D eigenvalue weighted by Gasteiger charge is 2.33. The molecule has 1 fully saturated rings. The maximum Gasteiger partial charge on any atom is 0.335 e. The number of carbonyl (C=O) groups excluding carboxylic acids is 1. The zero-order chi connectivity index (χ0) is 38.7. The van der Waals surface area contributed by atoms with Crippen molar-refractivity contribution in [3.63, 3.8) is 0 Å². The Morgan fingerprint density at radius 3 is 1.75 bits per heavy atom. The number of hydrogen-bond donors (Lipinski definition) is 7. The molecule has 22 heteroatoms. The van der Waals surface area contributed by atoms with Gasteiger partial charge in [0.05, 0.1) is 25.7 Å². The van der Waals surface area contributed by atoms with E-state index >= 15 is 0 Å². The number of carboxylic acid groups (broad SMARTS) is 4. The number of hydrogen-bond acceptors (Lipinski definition) is 15. The lowest BCUT2D eigenvalue weighted by atomic mass is 9.98. The van der Waals surface area contributed by atoms with Crippen molar-refractivity contribution in [1.82, 2.24) is 35.1 Å². The van der Waals surface area contributed by atoms with Gasteiger partial charge in [0, 0.05) is 52.4 Å². The average molecular weight is 780 g/mol. The third-order valence-corrected chi connectivity index (χ3v) is 10.6. The molecule has 1 amide bonds. The molecule has 3 aromatic rings. The average Bonchev–Trinajstić information content (AvgIpc) is 3.55. The molecular formula is C31H41N9O11S2. The van der Waals surface area contributed by atoms with Crippen LogP contribution < -0.4 is 15.8 Å². The van der Waals surface area contributed by atoms with Crippen LogP contribution in [0.3, 0.4) is 0 Å². The lowest BCUT2D eigenvalue weighted by molar-refractivity contribution is -0.146. The van der Waals surface area contributed by atoms with Crippen LogP contribution in [0.25, 0.3) is 10.8 Å². The Balaban J connectivity index is 1.68. The van der Waals surface area contributed by atoms with Gasteiger partial charge in [-0.05, 0) is 22.8 Å². The molecule has 53 heavy (non-hydrogen) atoms. The number of rotatable bonds is 15. The molecule has 4 rings (SSSR count). The normalized spacial score (nSPS) is 17.3. The zero-order valence-corrected chi connectivity index (χ0v) is 30.0. The first-order valence-electron chi connectivity index (χ1n) is 16.3. The SMILES string of the molecule is NS(=O)(=O)c1nnc(NC(=O)[C@H](Cc2cccc3ccccc23)NC(C(=O)O)N2CCN(CC(=O)O)CCN(CC(=O)O)CCN(CC(=O)O)CC2)s1. The van der Waals surface area contributed by atoms with E-state index in [1.807, 2.05) is 30.3 Å². The molecule has 1 aliphatic rings. The molecule has 0 saturated carbocycles. The van der Waals surface area contributed by atoms with E-state index in [1.54, 1.807) is 26.8 Å². The standard InChI is InChI=1S/C31H41N9O11S2/c32-53(50,51)31-36-35-30(52-31)34-28(47)23(16-21-6-3-5-20-4-1-2-7-22(20)21)33-27(29(48)49)40-14-12-38(18-25(43)44)10-8-37(17-24(41)42)9-11-39(13-15-40)19-26(45)46/h1-7,23,27,33H,8-19H2,(H,41,42)(H,43,44)(H,45,46)(H,48,49)(H2,32,50,51)(H,34,35,47)/t23-,27?/m0/s1. The van der Waals surface area contributed by atoms with Gasteiger partial charge in [-0.1, -0.05) is 53.8 Å². The highest BCUT2D eigenvalue weighted by Crippen LogP contribution is 2.22. The van der Waals surface area contributed by atoms with Crippen molar-refractivity contribution in [3.05, 3.63) is 48.0 Å². The number of sulfonamides is 1. The summed E-state index contributed by atoms with van der Waals surface area (Å²) in [7, 11) is -4.22. The summed E-state index contributed by atoms with van der Waals surface area (Å²) in [5, 5.41) is 58.4. The van der Waals surface area contributed by atoms with Crippen LogP contribution in [0.2, 0.25) is 0 Å². The molecular weight excluding hydrogens is 739 g/mol. The second-order valence-electron chi connectivity index (χ2n) is 12.3. The smallest absolute Gasteiger partial charge is 0.335 e. The van der Waals surface area contributed by atoms with Crippen molar-refractivity contribution in [3.8, 4) is 0 Å². The molecule has 1 aliphatic heterocycles. The monoisotopic (exact) mass is 779 g/mol. The second kappa shape index (κ2) is 18.9. The van der Waals surface area contributed by atoms with E-state index in [0.717, 1.165) is 10.8 Å². The predicted molar refractivity (Wildman–Crippen MR) is 190 cm³/mol. The third-order valence-electron chi connectivity index (χ3n) is 8.41. The van der Waals surface area contributed by atoms with Crippen LogP contribution in [0.5, 0.6) is 0 Å². The van der Waals surface area contributed by atoms with Crippen molar-refractivity contribution in [2.45, 2.75) is 23.0 Å².